The Labute approximate surface area is 103 Å². The summed E-state index contributed by atoms with van der Waals surface area (Å²) in [5.41, 5.74) is 9.00. The van der Waals surface area contributed by atoms with Crippen molar-refractivity contribution in [2.24, 2.45) is 0 Å². The Morgan fingerprint density at radius 3 is 2.83 bits per heavy atom. The number of nitrogens with one attached hydrogen (secondary N) is 1. The number of H-pyrrole nitrogens is 1. The zero-order valence-electron chi connectivity index (χ0n) is 9.41. The molecule has 6 heteroatoms. The molecule has 0 aromatic carbocycles. The number of anilines is 1. The molecule has 0 aliphatic heterocycles. The van der Waals surface area contributed by atoms with Crippen LogP contribution >= 0.6 is 0 Å². The van der Waals surface area contributed by atoms with Gasteiger partial charge in [-0.1, -0.05) is 0 Å². The third-order valence-corrected chi connectivity index (χ3v) is 2.54. The van der Waals surface area contributed by atoms with Crippen LogP contribution in [0.4, 0.5) is 5.95 Å². The molecule has 0 atom stereocenters. The number of aromatic nitrogens is 5. The van der Waals surface area contributed by atoms with Crippen LogP contribution in [-0.2, 0) is 0 Å². The molecular formula is C12H10N6. The van der Waals surface area contributed by atoms with Crippen LogP contribution in [-0.4, -0.2) is 25.1 Å². The van der Waals surface area contributed by atoms with Gasteiger partial charge >= 0.3 is 0 Å². The Hall–Kier alpha value is -2.76. The van der Waals surface area contributed by atoms with Crippen molar-refractivity contribution in [3.05, 3.63) is 43.0 Å². The molecule has 0 fully saturated rings. The quantitative estimate of drug-likeness (QED) is 0.705. The summed E-state index contributed by atoms with van der Waals surface area (Å²) < 4.78 is 0. The highest BCUT2D eigenvalue weighted by Crippen LogP contribution is 2.28. The van der Waals surface area contributed by atoms with Crippen LogP contribution in [0.5, 0.6) is 0 Å². The van der Waals surface area contributed by atoms with Crippen molar-refractivity contribution in [3.63, 3.8) is 0 Å². The first-order valence-electron chi connectivity index (χ1n) is 5.37. The van der Waals surface area contributed by atoms with E-state index in [1.807, 2.05) is 12.1 Å². The lowest BCUT2D eigenvalue weighted by Crippen LogP contribution is -1.95. The van der Waals surface area contributed by atoms with E-state index in [0.29, 0.717) is 0 Å². The molecule has 3 rings (SSSR count). The third kappa shape index (κ3) is 1.80. The second-order valence-electron chi connectivity index (χ2n) is 3.70. The monoisotopic (exact) mass is 238 g/mol. The van der Waals surface area contributed by atoms with Gasteiger partial charge in [-0.05, 0) is 18.2 Å². The van der Waals surface area contributed by atoms with Crippen LogP contribution in [0.25, 0.3) is 22.5 Å². The van der Waals surface area contributed by atoms with Gasteiger partial charge in [0.25, 0.3) is 0 Å². The molecule has 6 nitrogen and oxygen atoms in total. The topological polar surface area (TPSA) is 93.4 Å². The third-order valence-electron chi connectivity index (χ3n) is 2.54. The second kappa shape index (κ2) is 4.25. The summed E-state index contributed by atoms with van der Waals surface area (Å²) in [4.78, 5) is 12.2. The van der Waals surface area contributed by atoms with Crippen LogP contribution in [0.1, 0.15) is 0 Å². The van der Waals surface area contributed by atoms with Crippen molar-refractivity contribution in [3.8, 4) is 22.5 Å². The van der Waals surface area contributed by atoms with Crippen molar-refractivity contribution < 1.29 is 0 Å². The van der Waals surface area contributed by atoms with Gasteiger partial charge in [0.1, 0.15) is 0 Å². The maximum absolute atomic E-state index is 5.59. The van der Waals surface area contributed by atoms with E-state index in [0.717, 1.165) is 22.5 Å². The van der Waals surface area contributed by atoms with Gasteiger partial charge in [0.05, 0.1) is 17.6 Å². The van der Waals surface area contributed by atoms with Gasteiger partial charge in [-0.25, -0.2) is 9.97 Å². The lowest BCUT2D eigenvalue weighted by molar-refractivity contribution is 1.09. The molecule has 0 amide bonds. The van der Waals surface area contributed by atoms with Crippen LogP contribution in [0.15, 0.2) is 43.0 Å². The normalized spacial score (nSPS) is 10.4. The van der Waals surface area contributed by atoms with Gasteiger partial charge in [-0.3, -0.25) is 10.1 Å². The fourth-order valence-electron chi connectivity index (χ4n) is 1.73. The predicted molar refractivity (Wildman–Crippen MR) is 67.3 cm³/mol. The predicted octanol–water partition coefficient (Wildman–Crippen LogP) is 1.51. The summed E-state index contributed by atoms with van der Waals surface area (Å²) in [6.45, 7) is 0. The van der Waals surface area contributed by atoms with Gasteiger partial charge in [0.15, 0.2) is 0 Å². The van der Waals surface area contributed by atoms with E-state index in [4.69, 9.17) is 5.73 Å². The standard InChI is InChI=1S/C12H10N6/c13-12-15-5-3-10(17-12)9-7-16-18-11(9)8-2-1-4-14-6-8/h1-7H,(H,16,18)(H2,13,15,17). The first-order chi connectivity index (χ1) is 8.84. The molecule has 3 aromatic heterocycles. The molecule has 0 radical (unpaired) electrons. The molecule has 3 aromatic rings. The molecule has 0 unspecified atom stereocenters. The van der Waals surface area contributed by atoms with E-state index in [9.17, 15) is 0 Å². The Morgan fingerprint density at radius 1 is 1.11 bits per heavy atom. The van der Waals surface area contributed by atoms with Crippen LogP contribution < -0.4 is 5.73 Å². The molecule has 18 heavy (non-hydrogen) atoms. The SMILES string of the molecule is Nc1nccc(-c2cn[nH]c2-c2cccnc2)n1. The number of rotatable bonds is 2. The minimum Gasteiger partial charge on any atom is -0.368 e. The summed E-state index contributed by atoms with van der Waals surface area (Å²) in [6, 6.07) is 5.62. The average molecular weight is 238 g/mol. The van der Waals surface area contributed by atoms with Crippen molar-refractivity contribution >= 4 is 5.95 Å². The van der Waals surface area contributed by atoms with Gasteiger partial charge in [0.2, 0.25) is 5.95 Å². The highest BCUT2D eigenvalue weighted by molar-refractivity contribution is 5.78. The van der Waals surface area contributed by atoms with Gasteiger partial charge < -0.3 is 5.73 Å². The molecule has 0 bridgehead atoms. The number of nitrogens with two attached hydrogens (primary N) is 1. The highest BCUT2D eigenvalue weighted by Gasteiger charge is 2.11. The van der Waals surface area contributed by atoms with Crippen LogP contribution in [0, 0.1) is 0 Å². The Kier molecular flexibility index (Phi) is 2.45. The fourth-order valence-corrected chi connectivity index (χ4v) is 1.73. The summed E-state index contributed by atoms with van der Waals surface area (Å²) in [5.74, 6) is 0.242. The molecule has 88 valence electrons. The molecule has 0 spiro atoms. The second-order valence-corrected chi connectivity index (χ2v) is 3.70. The van der Waals surface area contributed by atoms with E-state index in [1.165, 1.54) is 0 Å². The van der Waals surface area contributed by atoms with Crippen molar-refractivity contribution in [1.29, 1.82) is 0 Å². The summed E-state index contributed by atoms with van der Waals surface area (Å²) in [7, 11) is 0. The smallest absolute Gasteiger partial charge is 0.220 e. The lowest BCUT2D eigenvalue weighted by Gasteiger charge is -2.02. The maximum atomic E-state index is 5.59. The average Bonchev–Trinajstić information content (AvgIpc) is 2.89. The largest absolute Gasteiger partial charge is 0.368 e. The minimum absolute atomic E-state index is 0.242. The molecule has 3 heterocycles. The van der Waals surface area contributed by atoms with Crippen molar-refractivity contribution in [2.75, 3.05) is 5.73 Å². The molecule has 0 saturated heterocycles. The van der Waals surface area contributed by atoms with Gasteiger partial charge in [0, 0.05) is 29.7 Å². The van der Waals surface area contributed by atoms with E-state index in [1.54, 1.807) is 30.9 Å². The van der Waals surface area contributed by atoms with E-state index < -0.39 is 0 Å². The molecule has 0 aliphatic rings. The lowest BCUT2D eigenvalue weighted by atomic mass is 10.1. The Morgan fingerprint density at radius 2 is 2.06 bits per heavy atom. The first kappa shape index (κ1) is 10.4. The van der Waals surface area contributed by atoms with Crippen molar-refractivity contribution in [1.82, 2.24) is 25.1 Å². The van der Waals surface area contributed by atoms with Gasteiger partial charge in [-0.2, -0.15) is 5.10 Å². The van der Waals surface area contributed by atoms with Gasteiger partial charge in [-0.15, -0.1) is 0 Å². The zero-order chi connectivity index (χ0) is 12.4. The molecular weight excluding hydrogens is 228 g/mol. The number of nitrogens with zero attached hydrogens (tertiary/aromatic N) is 4. The number of hydrogen-bond acceptors (Lipinski definition) is 5. The summed E-state index contributed by atoms with van der Waals surface area (Å²) in [5, 5.41) is 7.00. The van der Waals surface area contributed by atoms with Crippen molar-refractivity contribution in [2.45, 2.75) is 0 Å². The minimum atomic E-state index is 0.242. The fraction of sp³-hybridized carbons (Fsp3) is 0. The number of aromatic amines is 1. The van der Waals surface area contributed by atoms with E-state index >= 15 is 0 Å². The maximum Gasteiger partial charge on any atom is 0.220 e. The summed E-state index contributed by atoms with van der Waals surface area (Å²) >= 11 is 0. The number of nitrogen functional groups attached to an aromatic ring is 1. The van der Waals surface area contributed by atoms with Crippen LogP contribution in [0.2, 0.25) is 0 Å². The number of pyridine rings is 1. The Bertz CT molecular complexity index is 661. The number of hydrogen-bond donors (Lipinski definition) is 2. The van der Waals surface area contributed by atoms with E-state index in [2.05, 4.69) is 25.1 Å². The molecule has 3 N–H and O–H groups in total. The van der Waals surface area contributed by atoms with Crippen LogP contribution in [0.3, 0.4) is 0 Å². The zero-order valence-corrected chi connectivity index (χ0v) is 9.41. The van der Waals surface area contributed by atoms with E-state index in [-0.39, 0.29) is 5.95 Å². The molecule has 0 aliphatic carbocycles. The molecule has 0 saturated carbocycles. The summed E-state index contributed by atoms with van der Waals surface area (Å²) in [6.07, 6.45) is 6.82. The Balaban J connectivity index is 2.13. The first-order valence-corrected chi connectivity index (χ1v) is 5.37. The highest BCUT2D eigenvalue weighted by atomic mass is 15.1.